The average Bonchev–Trinajstić information content (AvgIpc) is 2.63. The predicted molar refractivity (Wildman–Crippen MR) is 117 cm³/mol. The molecule has 1 saturated carbocycles. The molecule has 0 radical (unpaired) electrons. The van der Waals surface area contributed by atoms with Gasteiger partial charge in [-0.2, -0.15) is 0 Å². The number of benzene rings is 1. The van der Waals surface area contributed by atoms with Crippen LogP contribution in [0.5, 0.6) is 0 Å². The standard InChI is InChI=1S/C25H36O3/c1-5-20(12-13-21-16-23(26)17-24(27)18(21)2)22-11-8-10-19(15-22)9-6-7-14-25(3,4)28/h8,10-13,15,23-24,26-28H,2,5-7,9,14,16-17H2,1,3-4H3/b20-12+,21-13-. The van der Waals surface area contributed by atoms with Gasteiger partial charge >= 0.3 is 0 Å². The minimum absolute atomic E-state index is 0.371. The highest BCUT2D eigenvalue weighted by Gasteiger charge is 2.24. The van der Waals surface area contributed by atoms with Gasteiger partial charge < -0.3 is 15.3 Å². The zero-order chi connectivity index (χ0) is 20.7. The molecule has 0 aliphatic heterocycles. The third-order valence-electron chi connectivity index (χ3n) is 5.43. The molecule has 3 N–H and O–H groups in total. The van der Waals surface area contributed by atoms with E-state index in [1.807, 2.05) is 19.9 Å². The van der Waals surface area contributed by atoms with Crippen molar-refractivity contribution in [3.05, 3.63) is 65.3 Å². The lowest BCUT2D eigenvalue weighted by molar-refractivity contribution is 0.0682. The largest absolute Gasteiger partial charge is 0.393 e. The molecule has 2 unspecified atom stereocenters. The molecule has 0 aromatic heterocycles. The number of aryl methyl sites for hydroxylation is 1. The van der Waals surface area contributed by atoms with E-state index in [1.54, 1.807) is 0 Å². The molecule has 28 heavy (non-hydrogen) atoms. The van der Waals surface area contributed by atoms with E-state index in [2.05, 4.69) is 43.8 Å². The van der Waals surface area contributed by atoms with Crippen LogP contribution < -0.4 is 0 Å². The Labute approximate surface area is 170 Å². The normalized spacial score (nSPS) is 22.7. The highest BCUT2D eigenvalue weighted by atomic mass is 16.3. The van der Waals surface area contributed by atoms with Crippen molar-refractivity contribution < 1.29 is 15.3 Å². The molecule has 0 spiro atoms. The Bertz CT molecular complexity index is 722. The summed E-state index contributed by atoms with van der Waals surface area (Å²) < 4.78 is 0. The lowest BCUT2D eigenvalue weighted by Crippen LogP contribution is -2.26. The average molecular weight is 385 g/mol. The van der Waals surface area contributed by atoms with Gasteiger partial charge in [0.15, 0.2) is 0 Å². The number of hydrogen-bond acceptors (Lipinski definition) is 3. The molecule has 1 aliphatic rings. The molecule has 2 atom stereocenters. The summed E-state index contributed by atoms with van der Waals surface area (Å²) in [4.78, 5) is 0. The molecule has 1 aliphatic carbocycles. The van der Waals surface area contributed by atoms with Gasteiger partial charge in [-0.25, -0.2) is 0 Å². The van der Waals surface area contributed by atoms with E-state index in [0.29, 0.717) is 12.8 Å². The molecule has 0 saturated heterocycles. The third kappa shape index (κ3) is 7.05. The predicted octanol–water partition coefficient (Wildman–Crippen LogP) is 4.96. The molecule has 0 bridgehead atoms. The Morgan fingerprint density at radius 3 is 2.68 bits per heavy atom. The molecular formula is C25H36O3. The second-order valence-electron chi connectivity index (χ2n) is 8.59. The van der Waals surface area contributed by atoms with Crippen LogP contribution in [0.15, 0.2) is 54.1 Å². The van der Waals surface area contributed by atoms with Gasteiger partial charge in [0.25, 0.3) is 0 Å². The van der Waals surface area contributed by atoms with Gasteiger partial charge in [-0.15, -0.1) is 0 Å². The maximum Gasteiger partial charge on any atom is 0.0811 e. The monoisotopic (exact) mass is 384 g/mol. The smallest absolute Gasteiger partial charge is 0.0811 e. The van der Waals surface area contributed by atoms with E-state index in [0.717, 1.165) is 43.3 Å². The number of hydrogen-bond donors (Lipinski definition) is 3. The van der Waals surface area contributed by atoms with Crippen LogP contribution in [0.4, 0.5) is 0 Å². The highest BCUT2D eigenvalue weighted by Crippen LogP contribution is 2.29. The Hall–Kier alpha value is -1.68. The Morgan fingerprint density at radius 2 is 2.00 bits per heavy atom. The molecule has 1 aromatic carbocycles. The fourth-order valence-corrected chi connectivity index (χ4v) is 3.69. The van der Waals surface area contributed by atoms with Crippen LogP contribution in [-0.2, 0) is 6.42 Å². The molecule has 0 amide bonds. The fourth-order valence-electron chi connectivity index (χ4n) is 3.69. The van der Waals surface area contributed by atoms with Gasteiger partial charge in [-0.3, -0.25) is 0 Å². The van der Waals surface area contributed by atoms with Crippen LogP contribution in [0, 0.1) is 0 Å². The molecule has 154 valence electrons. The van der Waals surface area contributed by atoms with Crippen LogP contribution in [0.2, 0.25) is 0 Å². The van der Waals surface area contributed by atoms with Crippen molar-refractivity contribution in [2.75, 3.05) is 0 Å². The van der Waals surface area contributed by atoms with Crippen LogP contribution in [0.3, 0.4) is 0 Å². The number of unbranched alkanes of at least 4 members (excludes halogenated alkanes) is 1. The summed E-state index contributed by atoms with van der Waals surface area (Å²) in [5.41, 5.74) is 4.82. The van der Waals surface area contributed by atoms with E-state index >= 15 is 0 Å². The summed E-state index contributed by atoms with van der Waals surface area (Å²) in [7, 11) is 0. The highest BCUT2D eigenvalue weighted by molar-refractivity contribution is 5.68. The first-order chi connectivity index (χ1) is 13.2. The second-order valence-corrected chi connectivity index (χ2v) is 8.59. The first-order valence-corrected chi connectivity index (χ1v) is 10.5. The SMILES string of the molecule is C=C1/C(=C\C=C(/CC)c2cccc(CCCCC(C)(C)O)c2)CC(O)CC1O. The summed E-state index contributed by atoms with van der Waals surface area (Å²) in [5, 5.41) is 29.8. The van der Waals surface area contributed by atoms with E-state index < -0.39 is 17.8 Å². The van der Waals surface area contributed by atoms with Gasteiger partial charge in [-0.1, -0.05) is 56.3 Å². The molecular weight excluding hydrogens is 348 g/mol. The van der Waals surface area contributed by atoms with Crippen LogP contribution in [-0.4, -0.2) is 33.1 Å². The van der Waals surface area contributed by atoms with Crippen LogP contribution >= 0.6 is 0 Å². The van der Waals surface area contributed by atoms with Crippen LogP contribution in [0.1, 0.15) is 70.4 Å². The second kappa shape index (κ2) is 10.2. The molecule has 1 aromatic rings. The van der Waals surface area contributed by atoms with Crippen molar-refractivity contribution in [2.24, 2.45) is 0 Å². The summed E-state index contributed by atoms with van der Waals surface area (Å²) in [6.07, 6.45) is 8.68. The van der Waals surface area contributed by atoms with Gasteiger partial charge in [0.05, 0.1) is 17.8 Å². The fraction of sp³-hybridized carbons (Fsp3) is 0.520. The maximum atomic E-state index is 10.0. The van der Waals surface area contributed by atoms with Crippen molar-refractivity contribution in [1.82, 2.24) is 0 Å². The van der Waals surface area contributed by atoms with Gasteiger partial charge in [0, 0.05) is 6.42 Å². The van der Waals surface area contributed by atoms with E-state index in [1.165, 1.54) is 16.7 Å². The lowest BCUT2D eigenvalue weighted by Gasteiger charge is -2.26. The minimum Gasteiger partial charge on any atom is -0.393 e. The minimum atomic E-state index is -0.652. The topological polar surface area (TPSA) is 60.7 Å². The van der Waals surface area contributed by atoms with E-state index in [-0.39, 0.29) is 0 Å². The van der Waals surface area contributed by atoms with Crippen molar-refractivity contribution in [1.29, 1.82) is 0 Å². The number of aliphatic hydroxyl groups is 3. The molecule has 1 fully saturated rings. The lowest BCUT2D eigenvalue weighted by atomic mass is 9.85. The molecule has 0 heterocycles. The summed E-state index contributed by atoms with van der Waals surface area (Å²) >= 11 is 0. The van der Waals surface area contributed by atoms with Gasteiger partial charge in [-0.05, 0) is 73.8 Å². The van der Waals surface area contributed by atoms with Gasteiger partial charge in [0.2, 0.25) is 0 Å². The van der Waals surface area contributed by atoms with Crippen molar-refractivity contribution in [2.45, 2.75) is 83.5 Å². The van der Waals surface area contributed by atoms with Crippen LogP contribution in [0.25, 0.3) is 5.57 Å². The number of rotatable bonds is 8. The third-order valence-corrected chi connectivity index (χ3v) is 5.43. The molecule has 3 nitrogen and oxygen atoms in total. The van der Waals surface area contributed by atoms with E-state index in [9.17, 15) is 15.3 Å². The number of allylic oxidation sites excluding steroid dienone is 3. The summed E-state index contributed by atoms with van der Waals surface area (Å²) in [6.45, 7) is 9.84. The zero-order valence-corrected chi connectivity index (χ0v) is 17.6. The Morgan fingerprint density at radius 1 is 1.25 bits per heavy atom. The van der Waals surface area contributed by atoms with Crippen molar-refractivity contribution in [3.8, 4) is 0 Å². The van der Waals surface area contributed by atoms with Crippen molar-refractivity contribution in [3.63, 3.8) is 0 Å². The van der Waals surface area contributed by atoms with E-state index in [4.69, 9.17) is 0 Å². The zero-order valence-electron chi connectivity index (χ0n) is 17.6. The van der Waals surface area contributed by atoms with Crippen molar-refractivity contribution >= 4 is 5.57 Å². The first kappa shape index (κ1) is 22.6. The number of aliphatic hydroxyl groups excluding tert-OH is 2. The molecule has 3 heteroatoms. The molecule has 2 rings (SSSR count). The summed E-state index contributed by atoms with van der Waals surface area (Å²) in [6, 6.07) is 8.64. The Balaban J connectivity index is 2.08. The maximum absolute atomic E-state index is 10.0. The Kier molecular flexibility index (Phi) is 8.23. The quantitative estimate of drug-likeness (QED) is 0.555. The summed E-state index contributed by atoms with van der Waals surface area (Å²) in [5.74, 6) is 0. The first-order valence-electron chi connectivity index (χ1n) is 10.5. The van der Waals surface area contributed by atoms with Gasteiger partial charge in [0.1, 0.15) is 0 Å².